The van der Waals surface area contributed by atoms with E-state index in [9.17, 15) is 4.79 Å². The van der Waals surface area contributed by atoms with Crippen LogP contribution in [0.3, 0.4) is 0 Å². The summed E-state index contributed by atoms with van der Waals surface area (Å²) < 4.78 is 4.92. The molecular weight excluding hydrogens is 323 g/mol. The van der Waals surface area contributed by atoms with E-state index in [1.807, 2.05) is 0 Å². The van der Waals surface area contributed by atoms with E-state index in [0.717, 1.165) is 24.9 Å². The molecule has 0 N–H and O–H groups in total. The highest BCUT2D eigenvalue weighted by molar-refractivity contribution is 7.45. The number of ether oxygens (including phenoxy) is 1. The Morgan fingerprint density at radius 1 is 1.00 bits per heavy atom. The summed E-state index contributed by atoms with van der Waals surface area (Å²) in [5, 5.41) is 0. The molecule has 0 aromatic carbocycles. The third kappa shape index (κ3) is 14.7. The summed E-state index contributed by atoms with van der Waals surface area (Å²) >= 11 is 12.5. The molecule has 0 fully saturated rings. The molecule has 21 heavy (non-hydrogen) atoms. The van der Waals surface area contributed by atoms with Crippen LogP contribution < -0.4 is 0 Å². The van der Waals surface area contributed by atoms with Crippen molar-refractivity contribution in [1.82, 2.24) is 0 Å². The summed E-state index contributed by atoms with van der Waals surface area (Å²) in [6.45, 7) is 4.09. The Morgan fingerprint density at radius 2 is 1.48 bits per heavy atom. The second-order valence-corrected chi connectivity index (χ2v) is 13.4. The minimum absolute atomic E-state index is 0.320. The smallest absolute Gasteiger partial charge is 0.330 e. The number of rotatable bonds is 14. The molecule has 0 bridgehead atoms. The molecular formula is C16H30Cl2O2Si. The monoisotopic (exact) mass is 352 g/mol. The van der Waals surface area contributed by atoms with Gasteiger partial charge in [0.2, 0.25) is 0 Å². The van der Waals surface area contributed by atoms with Gasteiger partial charge < -0.3 is 4.74 Å². The van der Waals surface area contributed by atoms with Crippen LogP contribution in [0.1, 0.15) is 64.7 Å². The lowest BCUT2D eigenvalue weighted by Gasteiger charge is -2.13. The van der Waals surface area contributed by atoms with Gasteiger partial charge in [0, 0.05) is 6.08 Å². The summed E-state index contributed by atoms with van der Waals surface area (Å²) in [4.78, 5) is 10.8. The van der Waals surface area contributed by atoms with Crippen LogP contribution in [0, 0.1) is 0 Å². The molecule has 0 spiro atoms. The number of hydrogen-bond acceptors (Lipinski definition) is 2. The first-order valence-corrected chi connectivity index (χ1v) is 12.6. The number of hydrogen-bond donors (Lipinski definition) is 0. The maximum atomic E-state index is 10.8. The van der Waals surface area contributed by atoms with E-state index in [2.05, 4.69) is 13.5 Å². The Morgan fingerprint density at radius 3 is 1.95 bits per heavy atom. The largest absolute Gasteiger partial charge is 0.463 e. The molecule has 0 aliphatic rings. The molecule has 5 heteroatoms. The number of halogens is 2. The van der Waals surface area contributed by atoms with Crippen molar-refractivity contribution in [2.24, 2.45) is 0 Å². The molecule has 0 rings (SSSR count). The molecule has 0 aromatic rings. The second-order valence-electron chi connectivity index (χ2n) is 5.51. The van der Waals surface area contributed by atoms with Crippen LogP contribution in [0.5, 0.6) is 0 Å². The molecule has 0 aromatic heterocycles. The highest BCUT2D eigenvalue weighted by Gasteiger charge is 2.24. The zero-order valence-electron chi connectivity index (χ0n) is 13.3. The van der Waals surface area contributed by atoms with Crippen molar-refractivity contribution < 1.29 is 9.53 Å². The van der Waals surface area contributed by atoms with Gasteiger partial charge in [0.25, 0.3) is 6.69 Å². The SMILES string of the molecule is C=CC(=O)OCCCCCCCCCCC[Si](Cl)(Cl)CC. The van der Waals surface area contributed by atoms with Crippen LogP contribution in [-0.4, -0.2) is 19.3 Å². The van der Waals surface area contributed by atoms with Gasteiger partial charge in [-0.1, -0.05) is 64.9 Å². The number of esters is 1. The number of carbonyl (C=O) groups is 1. The molecule has 0 heterocycles. The quantitative estimate of drug-likeness (QED) is 0.123. The van der Waals surface area contributed by atoms with E-state index in [4.69, 9.17) is 26.9 Å². The van der Waals surface area contributed by atoms with Gasteiger partial charge in [0.1, 0.15) is 0 Å². The van der Waals surface area contributed by atoms with E-state index in [1.54, 1.807) is 0 Å². The highest BCUT2D eigenvalue weighted by Crippen LogP contribution is 2.27. The number of carbonyl (C=O) groups excluding carboxylic acids is 1. The Kier molecular flexibility index (Phi) is 13.7. The zero-order chi connectivity index (χ0) is 16.0. The van der Waals surface area contributed by atoms with Crippen molar-refractivity contribution in [2.75, 3.05) is 6.61 Å². The summed E-state index contributed by atoms with van der Waals surface area (Å²) in [6, 6.07) is 1.99. The van der Waals surface area contributed by atoms with Crippen LogP contribution >= 0.6 is 22.2 Å². The first kappa shape index (κ1) is 21.0. The van der Waals surface area contributed by atoms with Gasteiger partial charge in [-0.2, -0.15) is 0 Å². The molecule has 0 saturated heterocycles. The van der Waals surface area contributed by atoms with Gasteiger partial charge in [-0.25, -0.2) is 4.79 Å². The van der Waals surface area contributed by atoms with Crippen molar-refractivity contribution >= 4 is 34.8 Å². The maximum absolute atomic E-state index is 10.8. The maximum Gasteiger partial charge on any atom is 0.330 e. The molecule has 0 aliphatic heterocycles. The minimum atomic E-state index is -1.88. The average Bonchev–Trinajstić information content (AvgIpc) is 2.48. The predicted octanol–water partition coefficient (Wildman–Crippen LogP) is 6.17. The van der Waals surface area contributed by atoms with E-state index in [0.29, 0.717) is 6.61 Å². The summed E-state index contributed by atoms with van der Waals surface area (Å²) in [5.41, 5.74) is 0. The minimum Gasteiger partial charge on any atom is -0.463 e. The van der Waals surface area contributed by atoms with E-state index >= 15 is 0 Å². The van der Waals surface area contributed by atoms with E-state index < -0.39 is 6.69 Å². The van der Waals surface area contributed by atoms with Crippen LogP contribution in [0.15, 0.2) is 12.7 Å². The van der Waals surface area contributed by atoms with Gasteiger partial charge >= 0.3 is 5.97 Å². The average molecular weight is 353 g/mol. The van der Waals surface area contributed by atoms with Crippen molar-refractivity contribution in [3.63, 3.8) is 0 Å². The number of unbranched alkanes of at least 4 members (excludes halogenated alkanes) is 8. The molecule has 0 saturated carbocycles. The van der Waals surface area contributed by atoms with Gasteiger partial charge in [-0.05, 0) is 18.5 Å². The van der Waals surface area contributed by atoms with Crippen LogP contribution in [0.25, 0.3) is 0 Å². The van der Waals surface area contributed by atoms with Crippen molar-refractivity contribution in [1.29, 1.82) is 0 Å². The van der Waals surface area contributed by atoms with Gasteiger partial charge in [-0.15, -0.1) is 22.2 Å². The molecule has 0 aliphatic carbocycles. The van der Waals surface area contributed by atoms with Crippen molar-refractivity contribution in [3.05, 3.63) is 12.7 Å². The van der Waals surface area contributed by atoms with Gasteiger partial charge in [0.05, 0.1) is 6.61 Å². The lowest BCUT2D eigenvalue weighted by Crippen LogP contribution is -2.16. The first-order valence-electron chi connectivity index (χ1n) is 8.19. The third-order valence-corrected chi connectivity index (χ3v) is 8.47. The van der Waals surface area contributed by atoms with Crippen LogP contribution in [0.2, 0.25) is 12.1 Å². The lowest BCUT2D eigenvalue weighted by molar-refractivity contribution is -0.137. The fourth-order valence-corrected chi connectivity index (χ4v) is 4.05. The third-order valence-electron chi connectivity index (χ3n) is 3.62. The standard InChI is InChI=1S/C16H30Cl2O2Si/c1-3-16(19)20-14-12-10-8-6-5-7-9-11-13-15-21(17,18)4-2/h3H,1,4-15H2,2H3. The summed E-state index contributed by atoms with van der Waals surface area (Å²) in [7, 11) is 0. The Bertz CT molecular complexity index is 283. The molecule has 0 radical (unpaired) electrons. The van der Waals surface area contributed by atoms with E-state index in [-0.39, 0.29) is 5.97 Å². The summed E-state index contributed by atoms with van der Waals surface area (Å²) in [6.07, 6.45) is 12.1. The van der Waals surface area contributed by atoms with Gasteiger partial charge in [0.15, 0.2) is 0 Å². The molecule has 0 atom stereocenters. The Labute approximate surface area is 140 Å². The fraction of sp³-hybridized carbons (Fsp3) is 0.812. The molecule has 0 unspecified atom stereocenters. The van der Waals surface area contributed by atoms with Crippen LogP contribution in [-0.2, 0) is 9.53 Å². The topological polar surface area (TPSA) is 26.3 Å². The highest BCUT2D eigenvalue weighted by atomic mass is 35.7. The predicted molar refractivity (Wildman–Crippen MR) is 95.5 cm³/mol. The van der Waals surface area contributed by atoms with Crippen molar-refractivity contribution in [3.8, 4) is 0 Å². The molecule has 124 valence electrons. The fourth-order valence-electron chi connectivity index (χ4n) is 2.13. The lowest BCUT2D eigenvalue weighted by atomic mass is 10.1. The van der Waals surface area contributed by atoms with E-state index in [1.165, 1.54) is 51.0 Å². The van der Waals surface area contributed by atoms with Crippen LogP contribution in [0.4, 0.5) is 0 Å². The molecule has 0 amide bonds. The summed E-state index contributed by atoms with van der Waals surface area (Å²) in [5.74, 6) is -0.320. The van der Waals surface area contributed by atoms with Gasteiger partial charge in [-0.3, -0.25) is 0 Å². The zero-order valence-corrected chi connectivity index (χ0v) is 15.9. The Balaban J connectivity index is 3.16. The molecule has 2 nitrogen and oxygen atoms in total. The second kappa shape index (κ2) is 13.7. The Hall–Kier alpha value is 0.00688. The normalized spacial score (nSPS) is 11.4. The first-order chi connectivity index (χ1) is 10.0. The van der Waals surface area contributed by atoms with Crippen molar-refractivity contribution in [2.45, 2.75) is 76.8 Å².